The summed E-state index contributed by atoms with van der Waals surface area (Å²) in [6.07, 6.45) is 4.33. The lowest BCUT2D eigenvalue weighted by Crippen LogP contribution is -2.48. The van der Waals surface area contributed by atoms with Gasteiger partial charge in [0.25, 0.3) is 5.54 Å². The third-order valence-electron chi connectivity index (χ3n) is 3.11. The van der Waals surface area contributed by atoms with Crippen molar-refractivity contribution in [3.8, 4) is 0 Å². The molecule has 18 heavy (non-hydrogen) atoms. The van der Waals surface area contributed by atoms with Crippen molar-refractivity contribution in [3.05, 3.63) is 22.3 Å². The molecular formula is C12H17NO5. The van der Waals surface area contributed by atoms with Crippen molar-refractivity contribution in [2.75, 3.05) is 6.61 Å². The Bertz CT molecular complexity index is 377. The lowest BCUT2D eigenvalue weighted by Gasteiger charge is -2.26. The second-order valence-electron chi connectivity index (χ2n) is 4.28. The van der Waals surface area contributed by atoms with Crippen LogP contribution in [0.1, 0.15) is 39.0 Å². The van der Waals surface area contributed by atoms with Crippen LogP contribution in [0.3, 0.4) is 0 Å². The molecule has 1 aliphatic rings. The first-order valence-corrected chi connectivity index (χ1v) is 6.04. The van der Waals surface area contributed by atoms with Gasteiger partial charge >= 0.3 is 5.97 Å². The Kier molecular flexibility index (Phi) is 5.00. The quantitative estimate of drug-likeness (QED) is 0.322. The zero-order valence-electron chi connectivity index (χ0n) is 10.4. The van der Waals surface area contributed by atoms with Gasteiger partial charge in [-0.3, -0.25) is 14.9 Å². The molecule has 1 fully saturated rings. The SMILES string of the molecule is CCOC(=O)/C=C/CC1([N+](=O)[O-])CCCCC1=O. The Morgan fingerprint density at radius 2 is 2.28 bits per heavy atom. The van der Waals surface area contributed by atoms with Gasteiger partial charge in [-0.1, -0.05) is 6.08 Å². The molecule has 100 valence electrons. The smallest absolute Gasteiger partial charge is 0.330 e. The van der Waals surface area contributed by atoms with Gasteiger partial charge in [-0.2, -0.15) is 0 Å². The van der Waals surface area contributed by atoms with Crippen LogP contribution >= 0.6 is 0 Å². The highest BCUT2D eigenvalue weighted by Gasteiger charge is 2.50. The third kappa shape index (κ3) is 3.15. The average molecular weight is 255 g/mol. The topological polar surface area (TPSA) is 86.5 Å². The van der Waals surface area contributed by atoms with Crippen LogP contribution in [0.2, 0.25) is 0 Å². The predicted molar refractivity (Wildman–Crippen MR) is 63.6 cm³/mol. The molecule has 0 aromatic heterocycles. The predicted octanol–water partition coefficient (Wildman–Crippen LogP) is 1.65. The van der Waals surface area contributed by atoms with Crippen molar-refractivity contribution in [3.63, 3.8) is 0 Å². The summed E-state index contributed by atoms with van der Waals surface area (Å²) in [6.45, 7) is 1.93. The number of esters is 1. The molecule has 6 heteroatoms. The van der Waals surface area contributed by atoms with Crippen LogP contribution in [-0.4, -0.2) is 28.8 Å². The van der Waals surface area contributed by atoms with E-state index in [1.54, 1.807) is 6.92 Å². The van der Waals surface area contributed by atoms with Crippen LogP contribution in [0.5, 0.6) is 0 Å². The van der Waals surface area contributed by atoms with Crippen LogP contribution in [0.25, 0.3) is 0 Å². The Hall–Kier alpha value is -1.72. The lowest BCUT2D eigenvalue weighted by molar-refractivity contribution is -0.553. The largest absolute Gasteiger partial charge is 0.463 e. The summed E-state index contributed by atoms with van der Waals surface area (Å²) in [6, 6.07) is 0. The van der Waals surface area contributed by atoms with E-state index >= 15 is 0 Å². The average Bonchev–Trinajstić information content (AvgIpc) is 2.31. The number of carbonyl (C=O) groups excluding carboxylic acids is 2. The summed E-state index contributed by atoms with van der Waals surface area (Å²) in [5.74, 6) is -0.883. The van der Waals surface area contributed by atoms with E-state index in [2.05, 4.69) is 4.74 Å². The molecule has 0 spiro atoms. The van der Waals surface area contributed by atoms with Gasteiger partial charge in [-0.15, -0.1) is 0 Å². The second kappa shape index (κ2) is 6.28. The van der Waals surface area contributed by atoms with Crippen molar-refractivity contribution < 1.29 is 19.2 Å². The fourth-order valence-corrected chi connectivity index (χ4v) is 2.10. The molecule has 1 saturated carbocycles. The number of carbonyl (C=O) groups is 2. The second-order valence-corrected chi connectivity index (χ2v) is 4.28. The Balaban J connectivity index is 2.72. The zero-order valence-corrected chi connectivity index (χ0v) is 10.4. The molecule has 1 unspecified atom stereocenters. The maximum atomic E-state index is 11.8. The molecule has 0 bridgehead atoms. The maximum absolute atomic E-state index is 11.8. The number of nitrogens with zero attached hydrogens (tertiary/aromatic N) is 1. The van der Waals surface area contributed by atoms with Crippen LogP contribution in [0.4, 0.5) is 0 Å². The van der Waals surface area contributed by atoms with Gasteiger partial charge in [-0.25, -0.2) is 4.79 Å². The molecule has 0 heterocycles. The normalized spacial score (nSPS) is 24.2. The number of ketones is 1. The van der Waals surface area contributed by atoms with Crippen molar-refractivity contribution in [2.45, 2.75) is 44.6 Å². The monoisotopic (exact) mass is 255 g/mol. The van der Waals surface area contributed by atoms with E-state index in [1.807, 2.05) is 0 Å². The Labute approximate surface area is 105 Å². The maximum Gasteiger partial charge on any atom is 0.330 e. The first-order chi connectivity index (χ1) is 8.53. The molecule has 6 nitrogen and oxygen atoms in total. The summed E-state index contributed by atoms with van der Waals surface area (Å²) >= 11 is 0. The molecule has 0 N–H and O–H groups in total. The first kappa shape index (κ1) is 14.3. The molecule has 0 aliphatic heterocycles. The molecule has 0 aromatic rings. The number of ether oxygens (including phenoxy) is 1. The molecule has 0 saturated heterocycles. The van der Waals surface area contributed by atoms with E-state index in [1.165, 1.54) is 6.08 Å². The van der Waals surface area contributed by atoms with Gasteiger partial charge < -0.3 is 4.74 Å². The number of hydrogen-bond donors (Lipinski definition) is 0. The van der Waals surface area contributed by atoms with E-state index in [-0.39, 0.29) is 31.7 Å². The fraction of sp³-hybridized carbons (Fsp3) is 0.667. The van der Waals surface area contributed by atoms with Gasteiger partial charge in [0.15, 0.2) is 0 Å². The van der Waals surface area contributed by atoms with E-state index < -0.39 is 16.4 Å². The number of Topliss-reactive ketones (excluding diaryl/α,β-unsaturated/α-hetero) is 1. The minimum atomic E-state index is -1.54. The van der Waals surface area contributed by atoms with Crippen molar-refractivity contribution in [1.29, 1.82) is 0 Å². The van der Waals surface area contributed by atoms with Crippen molar-refractivity contribution in [1.82, 2.24) is 0 Å². The highest BCUT2D eigenvalue weighted by molar-refractivity contribution is 5.88. The van der Waals surface area contributed by atoms with E-state index in [0.717, 1.165) is 6.08 Å². The van der Waals surface area contributed by atoms with Crippen LogP contribution in [0.15, 0.2) is 12.2 Å². The summed E-state index contributed by atoms with van der Waals surface area (Å²) in [5, 5.41) is 11.1. The van der Waals surface area contributed by atoms with Crippen LogP contribution in [0, 0.1) is 10.1 Å². The molecular weight excluding hydrogens is 238 g/mol. The van der Waals surface area contributed by atoms with Gasteiger partial charge in [0.2, 0.25) is 5.78 Å². The lowest BCUT2D eigenvalue weighted by atomic mass is 9.78. The summed E-state index contributed by atoms with van der Waals surface area (Å²) in [7, 11) is 0. The molecule has 1 rings (SSSR count). The van der Waals surface area contributed by atoms with Gasteiger partial charge in [0, 0.05) is 30.3 Å². The molecule has 0 amide bonds. The van der Waals surface area contributed by atoms with Crippen LogP contribution in [-0.2, 0) is 14.3 Å². The highest BCUT2D eigenvalue weighted by atomic mass is 16.6. The number of nitro groups is 1. The Morgan fingerprint density at radius 3 is 2.83 bits per heavy atom. The summed E-state index contributed by atoms with van der Waals surface area (Å²) in [4.78, 5) is 33.5. The zero-order chi connectivity index (χ0) is 13.6. The van der Waals surface area contributed by atoms with Crippen LogP contribution < -0.4 is 0 Å². The van der Waals surface area contributed by atoms with E-state index in [9.17, 15) is 19.7 Å². The highest BCUT2D eigenvalue weighted by Crippen LogP contribution is 2.31. The van der Waals surface area contributed by atoms with Gasteiger partial charge in [0.1, 0.15) is 0 Å². The standard InChI is InChI=1S/C12H17NO5/c1-2-18-11(15)7-5-9-12(13(16)17)8-4-3-6-10(12)14/h5,7H,2-4,6,8-9H2,1H3/b7-5+. The summed E-state index contributed by atoms with van der Waals surface area (Å²) < 4.78 is 4.67. The Morgan fingerprint density at radius 1 is 1.56 bits per heavy atom. The number of rotatable bonds is 5. The first-order valence-electron chi connectivity index (χ1n) is 6.04. The van der Waals surface area contributed by atoms with Crippen molar-refractivity contribution >= 4 is 11.8 Å². The third-order valence-corrected chi connectivity index (χ3v) is 3.11. The minimum absolute atomic E-state index is 0.0440. The van der Waals surface area contributed by atoms with Gasteiger partial charge in [0.05, 0.1) is 6.61 Å². The molecule has 1 aliphatic carbocycles. The number of hydrogen-bond acceptors (Lipinski definition) is 5. The summed E-state index contributed by atoms with van der Waals surface area (Å²) in [5.41, 5.74) is -1.54. The van der Waals surface area contributed by atoms with E-state index in [0.29, 0.717) is 12.8 Å². The van der Waals surface area contributed by atoms with Gasteiger partial charge in [-0.05, 0) is 19.8 Å². The molecule has 1 atom stereocenters. The molecule has 0 radical (unpaired) electrons. The molecule has 0 aromatic carbocycles. The fourth-order valence-electron chi connectivity index (χ4n) is 2.10. The van der Waals surface area contributed by atoms with Crippen molar-refractivity contribution in [2.24, 2.45) is 0 Å². The minimum Gasteiger partial charge on any atom is -0.463 e. The van der Waals surface area contributed by atoms with E-state index in [4.69, 9.17) is 0 Å².